The van der Waals surface area contributed by atoms with Gasteiger partial charge in [-0.25, -0.2) is 4.63 Å². The average molecular weight is 497 g/mol. The zero-order valence-electron chi connectivity index (χ0n) is 18.5. The first kappa shape index (κ1) is 23.5. The Balaban J connectivity index is 1.46. The molecule has 2 heterocycles. The minimum absolute atomic E-state index is 0.150. The average Bonchev–Trinajstić information content (AvgIpc) is 3.39. The van der Waals surface area contributed by atoms with E-state index in [0.717, 1.165) is 28.5 Å². The maximum atomic E-state index is 12.9. The third kappa shape index (κ3) is 4.95. The normalized spacial score (nSPS) is 14.6. The van der Waals surface area contributed by atoms with E-state index < -0.39 is 5.91 Å². The molecule has 1 aromatic heterocycles. The number of carbonyl (C=O) groups is 2. The van der Waals surface area contributed by atoms with Gasteiger partial charge in [0.1, 0.15) is 22.4 Å². The van der Waals surface area contributed by atoms with Crippen LogP contribution in [0, 0.1) is 6.92 Å². The van der Waals surface area contributed by atoms with Crippen molar-refractivity contribution in [2.45, 2.75) is 6.92 Å². The molecule has 34 heavy (non-hydrogen) atoms. The molecule has 0 unspecified atom stereocenters. The van der Waals surface area contributed by atoms with E-state index in [2.05, 4.69) is 15.6 Å². The van der Waals surface area contributed by atoms with Crippen molar-refractivity contribution in [2.24, 2.45) is 0 Å². The van der Waals surface area contributed by atoms with Gasteiger partial charge in [0.15, 0.2) is 5.69 Å². The summed E-state index contributed by atoms with van der Waals surface area (Å²) in [7, 11) is 3.17. The van der Waals surface area contributed by atoms with Crippen LogP contribution in [0.15, 0.2) is 52.0 Å². The van der Waals surface area contributed by atoms with Gasteiger partial charge in [-0.15, -0.1) is 0 Å². The highest BCUT2D eigenvalue weighted by molar-refractivity contribution is 8.26. The molecule has 2 aromatic carbocycles. The molecule has 1 aliphatic heterocycles. The number of thioether (sulfide) groups is 1. The van der Waals surface area contributed by atoms with Gasteiger partial charge in [-0.1, -0.05) is 36.1 Å². The topological polar surface area (TPSA) is 107 Å². The lowest BCUT2D eigenvalue weighted by Crippen LogP contribution is -2.36. The highest BCUT2D eigenvalue weighted by atomic mass is 32.2. The van der Waals surface area contributed by atoms with E-state index in [0.29, 0.717) is 26.4 Å². The number of aryl methyl sites for hydroxylation is 1. The predicted octanol–water partition coefficient (Wildman–Crippen LogP) is 3.90. The molecule has 0 aliphatic carbocycles. The fraction of sp³-hybridized carbons (Fsp3) is 0.174. The summed E-state index contributed by atoms with van der Waals surface area (Å²) in [6, 6.07) is 12.7. The number of methoxy groups -OCH3 is 2. The number of hydrogen-bond donors (Lipinski definition) is 1. The number of amides is 2. The highest BCUT2D eigenvalue weighted by Gasteiger charge is 2.33. The van der Waals surface area contributed by atoms with E-state index in [1.165, 1.54) is 4.90 Å². The third-order valence-electron chi connectivity index (χ3n) is 5.02. The summed E-state index contributed by atoms with van der Waals surface area (Å²) >= 11 is 6.47. The fourth-order valence-electron chi connectivity index (χ4n) is 3.28. The molecule has 0 radical (unpaired) electrons. The summed E-state index contributed by atoms with van der Waals surface area (Å²) in [4.78, 5) is 27.3. The Hall–Kier alpha value is -3.70. The quantitative estimate of drug-likeness (QED) is 0.385. The Morgan fingerprint density at radius 2 is 1.85 bits per heavy atom. The zero-order chi connectivity index (χ0) is 24.2. The van der Waals surface area contributed by atoms with Gasteiger partial charge in [-0.05, 0) is 64.8 Å². The van der Waals surface area contributed by atoms with E-state index in [4.69, 9.17) is 26.3 Å². The molecule has 9 nitrogen and oxygen atoms in total. The van der Waals surface area contributed by atoms with Crippen molar-refractivity contribution < 1.29 is 23.7 Å². The molecule has 0 spiro atoms. The summed E-state index contributed by atoms with van der Waals surface area (Å²) in [6.07, 6.45) is 1.72. The molecule has 0 saturated carbocycles. The van der Waals surface area contributed by atoms with Crippen molar-refractivity contribution in [1.29, 1.82) is 0 Å². The molecule has 11 heteroatoms. The summed E-state index contributed by atoms with van der Waals surface area (Å²) in [5.41, 5.74) is 2.79. The Morgan fingerprint density at radius 1 is 1.15 bits per heavy atom. The number of nitrogens with one attached hydrogen (secondary N) is 1. The van der Waals surface area contributed by atoms with Crippen LogP contribution in [0.5, 0.6) is 11.5 Å². The van der Waals surface area contributed by atoms with Crippen LogP contribution in [0.4, 0.5) is 5.82 Å². The molecule has 1 saturated heterocycles. The van der Waals surface area contributed by atoms with Crippen LogP contribution < -0.4 is 14.8 Å². The lowest BCUT2D eigenvalue weighted by Gasteiger charge is -2.13. The first-order valence-electron chi connectivity index (χ1n) is 10.1. The summed E-state index contributed by atoms with van der Waals surface area (Å²) in [6.45, 7) is 1.62. The molecule has 0 atom stereocenters. The summed E-state index contributed by atoms with van der Waals surface area (Å²) in [5, 5.41) is 10.4. The number of ether oxygens (including phenoxy) is 2. The van der Waals surface area contributed by atoms with Gasteiger partial charge in [-0.3, -0.25) is 14.5 Å². The second-order valence-electron chi connectivity index (χ2n) is 7.23. The molecule has 3 aromatic rings. The minimum atomic E-state index is -0.481. The Bertz CT molecular complexity index is 1290. The molecule has 2 amide bonds. The smallest absolute Gasteiger partial charge is 0.266 e. The number of thiocarbonyl (C=S) groups is 1. The van der Waals surface area contributed by atoms with Gasteiger partial charge >= 0.3 is 0 Å². The fourth-order valence-corrected chi connectivity index (χ4v) is 4.53. The second kappa shape index (κ2) is 10.1. The number of nitrogens with zero attached hydrogens (tertiary/aromatic N) is 3. The number of benzene rings is 2. The molecule has 0 bridgehead atoms. The van der Waals surface area contributed by atoms with Gasteiger partial charge in [0.25, 0.3) is 5.91 Å². The van der Waals surface area contributed by atoms with Crippen molar-refractivity contribution in [2.75, 3.05) is 26.1 Å². The Morgan fingerprint density at radius 3 is 2.53 bits per heavy atom. The van der Waals surface area contributed by atoms with E-state index in [9.17, 15) is 9.59 Å². The van der Waals surface area contributed by atoms with Gasteiger partial charge < -0.3 is 14.8 Å². The SMILES string of the molecule is COc1ccc(/C=C2\SC(=S)N(CC(=O)Nc3nonc3-c3ccc(OC)cc3C)C2=O)cc1. The third-order valence-corrected chi connectivity index (χ3v) is 6.40. The van der Waals surface area contributed by atoms with Crippen molar-refractivity contribution >= 4 is 52.0 Å². The maximum Gasteiger partial charge on any atom is 0.266 e. The van der Waals surface area contributed by atoms with Crippen LogP contribution in [0.3, 0.4) is 0 Å². The first-order valence-corrected chi connectivity index (χ1v) is 11.3. The zero-order valence-corrected chi connectivity index (χ0v) is 20.2. The largest absolute Gasteiger partial charge is 0.497 e. The van der Waals surface area contributed by atoms with Crippen LogP contribution in [-0.2, 0) is 9.59 Å². The molecule has 4 rings (SSSR count). The van der Waals surface area contributed by atoms with Crippen molar-refractivity contribution in [3.05, 3.63) is 58.5 Å². The van der Waals surface area contributed by atoms with Crippen LogP contribution >= 0.6 is 24.0 Å². The maximum absolute atomic E-state index is 12.9. The van der Waals surface area contributed by atoms with Crippen LogP contribution in [-0.4, -0.2) is 52.1 Å². The molecular formula is C23H20N4O5S2. The lowest BCUT2D eigenvalue weighted by molar-refractivity contribution is -0.126. The Kier molecular flexibility index (Phi) is 6.94. The van der Waals surface area contributed by atoms with Gasteiger partial charge in [-0.2, -0.15) is 0 Å². The van der Waals surface area contributed by atoms with Crippen molar-refractivity contribution in [3.63, 3.8) is 0 Å². The Labute approximate surface area is 205 Å². The van der Waals surface area contributed by atoms with Gasteiger partial charge in [0, 0.05) is 5.56 Å². The van der Waals surface area contributed by atoms with E-state index in [1.54, 1.807) is 44.6 Å². The lowest BCUT2D eigenvalue weighted by atomic mass is 10.1. The van der Waals surface area contributed by atoms with Crippen molar-refractivity contribution in [1.82, 2.24) is 15.2 Å². The second-order valence-corrected chi connectivity index (χ2v) is 8.91. The molecule has 174 valence electrons. The molecule has 1 aliphatic rings. The molecule has 1 N–H and O–H groups in total. The molecule has 1 fully saturated rings. The number of rotatable bonds is 7. The number of hydrogen-bond acceptors (Lipinski definition) is 9. The minimum Gasteiger partial charge on any atom is -0.497 e. The van der Waals surface area contributed by atoms with E-state index in [-0.39, 0.29) is 18.3 Å². The van der Waals surface area contributed by atoms with Crippen LogP contribution in [0.25, 0.3) is 17.3 Å². The number of aromatic nitrogens is 2. The van der Waals surface area contributed by atoms with Crippen LogP contribution in [0.1, 0.15) is 11.1 Å². The number of carbonyl (C=O) groups excluding carboxylic acids is 2. The van der Waals surface area contributed by atoms with Crippen molar-refractivity contribution in [3.8, 4) is 22.8 Å². The van der Waals surface area contributed by atoms with Crippen LogP contribution in [0.2, 0.25) is 0 Å². The monoisotopic (exact) mass is 496 g/mol. The summed E-state index contributed by atoms with van der Waals surface area (Å²) < 4.78 is 15.5. The predicted molar refractivity (Wildman–Crippen MR) is 133 cm³/mol. The summed E-state index contributed by atoms with van der Waals surface area (Å²) in [5.74, 6) is 0.737. The van der Waals surface area contributed by atoms with E-state index in [1.807, 2.05) is 25.1 Å². The first-order chi connectivity index (χ1) is 16.4. The number of anilines is 1. The standard InChI is InChI=1S/C23H20N4O5S2/c1-13-10-16(31-3)8-9-17(13)20-21(26-32-25-20)24-19(28)12-27-22(29)18(34-23(27)33)11-14-4-6-15(30-2)7-5-14/h4-11H,12H2,1-3H3,(H,24,26,28)/b18-11-. The van der Waals surface area contributed by atoms with Gasteiger partial charge in [0.2, 0.25) is 11.7 Å². The van der Waals surface area contributed by atoms with E-state index >= 15 is 0 Å². The molecular weight excluding hydrogens is 476 g/mol. The van der Waals surface area contributed by atoms with Gasteiger partial charge in [0.05, 0.1) is 19.1 Å². The highest BCUT2D eigenvalue weighted by Crippen LogP contribution is 2.33.